The minimum atomic E-state index is 0.892. The largest absolute Gasteiger partial charge is 0.249 e. The van der Waals surface area contributed by atoms with E-state index in [0.29, 0.717) is 0 Å². The zero-order valence-electron chi connectivity index (χ0n) is 13.6. The molecule has 5 aliphatic rings. The van der Waals surface area contributed by atoms with Crippen LogP contribution in [-0.2, 0) is 0 Å². The summed E-state index contributed by atoms with van der Waals surface area (Å²) in [6.45, 7) is 0. The van der Waals surface area contributed by atoms with E-state index in [1.807, 2.05) is 54.7 Å². The molecular formula is C20H9I3N4. The minimum absolute atomic E-state index is 0.892. The number of rotatable bonds is 0. The van der Waals surface area contributed by atoms with Gasteiger partial charge < -0.3 is 0 Å². The van der Waals surface area contributed by atoms with Gasteiger partial charge >= 0.3 is 0 Å². The van der Waals surface area contributed by atoms with E-state index in [9.17, 15) is 0 Å². The van der Waals surface area contributed by atoms with Gasteiger partial charge in [-0.2, -0.15) is 0 Å². The highest BCUT2D eigenvalue weighted by Gasteiger charge is 2.24. The fourth-order valence-electron chi connectivity index (χ4n) is 2.93. The predicted octanol–water partition coefficient (Wildman–Crippen LogP) is 5.87. The molecule has 0 aliphatic carbocycles. The van der Waals surface area contributed by atoms with Crippen LogP contribution in [0.4, 0.5) is 0 Å². The Morgan fingerprint density at radius 2 is 1.07 bits per heavy atom. The summed E-state index contributed by atoms with van der Waals surface area (Å²) in [6, 6.07) is 0. The van der Waals surface area contributed by atoms with Gasteiger partial charge in [-0.1, -0.05) is 0 Å². The van der Waals surface area contributed by atoms with Crippen LogP contribution in [0.2, 0.25) is 0 Å². The predicted molar refractivity (Wildman–Crippen MR) is 138 cm³/mol. The van der Waals surface area contributed by atoms with E-state index < -0.39 is 0 Å². The molecule has 0 unspecified atom stereocenters. The van der Waals surface area contributed by atoms with Gasteiger partial charge in [-0.3, -0.25) is 0 Å². The van der Waals surface area contributed by atoms with E-state index in [-0.39, 0.29) is 0 Å². The van der Waals surface area contributed by atoms with Crippen LogP contribution in [0.3, 0.4) is 0 Å². The van der Waals surface area contributed by atoms with Gasteiger partial charge in [-0.15, -0.1) is 0 Å². The molecular weight excluding hydrogens is 677 g/mol. The monoisotopic (exact) mass is 686 g/mol. The third-order valence-electron chi connectivity index (χ3n) is 4.19. The molecule has 5 heterocycles. The molecule has 0 amide bonds. The first-order valence-corrected chi connectivity index (χ1v) is 11.3. The SMILES string of the molecule is IC1=C(I)C2=C(I)C3=NC(=CC4=NC(=CC5=NC(=CC1=N2)C=C5)C=C4)C=C3. The van der Waals surface area contributed by atoms with Gasteiger partial charge in [0, 0.05) is 0 Å². The molecule has 130 valence electrons. The lowest BCUT2D eigenvalue weighted by atomic mass is 10.2. The first-order chi connectivity index (χ1) is 13.1. The summed E-state index contributed by atoms with van der Waals surface area (Å²) in [7, 11) is 0. The van der Waals surface area contributed by atoms with Crippen LogP contribution in [0, 0.1) is 0 Å². The highest BCUT2D eigenvalue weighted by Crippen LogP contribution is 2.39. The van der Waals surface area contributed by atoms with E-state index in [1.165, 1.54) is 0 Å². The van der Waals surface area contributed by atoms with Gasteiger partial charge in [0.15, 0.2) is 0 Å². The maximum absolute atomic E-state index is 4.87. The van der Waals surface area contributed by atoms with Crippen molar-refractivity contribution in [3.8, 4) is 0 Å². The zero-order valence-corrected chi connectivity index (χ0v) is 20.1. The van der Waals surface area contributed by atoms with Crippen LogP contribution in [0.15, 0.2) is 108 Å². The molecule has 27 heavy (non-hydrogen) atoms. The number of halogens is 3. The molecule has 0 aromatic heterocycles. The molecule has 0 saturated carbocycles. The molecule has 5 aliphatic heterocycles. The van der Waals surface area contributed by atoms with Crippen LogP contribution in [0.1, 0.15) is 0 Å². The Bertz CT molecular complexity index is 1180. The van der Waals surface area contributed by atoms with Crippen molar-refractivity contribution >= 4 is 90.6 Å². The van der Waals surface area contributed by atoms with Gasteiger partial charge in [-0.25, -0.2) is 20.0 Å². The number of allylic oxidation sites excluding steroid dienone is 12. The second-order valence-electron chi connectivity index (χ2n) is 6.07. The van der Waals surface area contributed by atoms with E-state index >= 15 is 0 Å². The second-order valence-corrected chi connectivity index (χ2v) is 9.30. The molecule has 0 fully saturated rings. The van der Waals surface area contributed by atoms with Crippen molar-refractivity contribution in [1.29, 1.82) is 0 Å². The van der Waals surface area contributed by atoms with E-state index in [1.54, 1.807) is 0 Å². The van der Waals surface area contributed by atoms with E-state index in [2.05, 4.69) is 77.8 Å². The first kappa shape index (κ1) is 17.9. The van der Waals surface area contributed by atoms with Gasteiger partial charge in [0.25, 0.3) is 0 Å². The number of nitrogens with zero attached hydrogens (tertiary/aromatic N) is 4. The number of fused-ring (bicyclic) bond motifs is 4. The molecule has 8 bridgehead atoms. The maximum atomic E-state index is 4.87. The zero-order chi connectivity index (χ0) is 18.5. The molecule has 7 heteroatoms. The molecule has 0 aromatic rings. The Balaban J connectivity index is 1.72. The lowest BCUT2D eigenvalue weighted by molar-refractivity contribution is 1.41. The summed E-state index contributed by atoms with van der Waals surface area (Å²) >= 11 is 7.05. The molecule has 0 atom stereocenters. The highest BCUT2D eigenvalue weighted by molar-refractivity contribution is 14.1. The van der Waals surface area contributed by atoms with Crippen molar-refractivity contribution in [3.63, 3.8) is 0 Å². The molecule has 0 saturated heterocycles. The average Bonchev–Trinajstić information content (AvgIpc) is 3.42. The van der Waals surface area contributed by atoms with Gasteiger partial charge in [0.1, 0.15) is 0 Å². The lowest BCUT2D eigenvalue weighted by Gasteiger charge is -2.01. The molecule has 0 spiro atoms. The first-order valence-electron chi connectivity index (χ1n) is 8.07. The molecule has 0 radical (unpaired) electrons. The van der Waals surface area contributed by atoms with Crippen LogP contribution < -0.4 is 0 Å². The van der Waals surface area contributed by atoms with Crippen LogP contribution in [-0.4, -0.2) is 22.8 Å². The average molecular weight is 686 g/mol. The van der Waals surface area contributed by atoms with E-state index in [4.69, 9.17) is 9.98 Å². The Morgan fingerprint density at radius 3 is 1.78 bits per heavy atom. The smallest absolute Gasteiger partial charge is 0.0937 e. The highest BCUT2D eigenvalue weighted by atomic mass is 127. The number of aliphatic imine (C=N–C) groups is 4. The van der Waals surface area contributed by atoms with Gasteiger partial charge in [0.2, 0.25) is 0 Å². The van der Waals surface area contributed by atoms with Gasteiger partial charge in [0.05, 0.1) is 56.4 Å². The lowest BCUT2D eigenvalue weighted by Crippen LogP contribution is -1.94. The summed E-state index contributed by atoms with van der Waals surface area (Å²) in [5.41, 5.74) is 7.31. The van der Waals surface area contributed by atoms with Crippen LogP contribution in [0.25, 0.3) is 0 Å². The number of hydrogen-bond donors (Lipinski definition) is 0. The summed E-state index contributed by atoms with van der Waals surface area (Å²) in [4.78, 5) is 18.9. The molecule has 5 rings (SSSR count). The van der Waals surface area contributed by atoms with Crippen molar-refractivity contribution in [2.45, 2.75) is 0 Å². The Kier molecular flexibility index (Phi) is 4.63. The summed E-state index contributed by atoms with van der Waals surface area (Å²) in [5.74, 6) is 0. The van der Waals surface area contributed by atoms with Crippen LogP contribution >= 0.6 is 67.8 Å². The second kappa shape index (κ2) is 6.99. The fourth-order valence-corrected chi connectivity index (χ4v) is 5.34. The van der Waals surface area contributed by atoms with Crippen LogP contribution in [0.5, 0.6) is 0 Å². The third kappa shape index (κ3) is 3.37. The quantitative estimate of drug-likeness (QED) is 0.287. The molecule has 0 aromatic carbocycles. The summed E-state index contributed by atoms with van der Waals surface area (Å²) < 4.78 is 3.32. The van der Waals surface area contributed by atoms with Crippen molar-refractivity contribution in [3.05, 3.63) is 88.2 Å². The third-order valence-corrected chi connectivity index (χ3v) is 8.43. The topological polar surface area (TPSA) is 49.4 Å². The van der Waals surface area contributed by atoms with Gasteiger partial charge in [-0.05, 0) is 122 Å². The van der Waals surface area contributed by atoms with Crippen molar-refractivity contribution in [1.82, 2.24) is 0 Å². The van der Waals surface area contributed by atoms with Crippen molar-refractivity contribution < 1.29 is 0 Å². The summed E-state index contributed by atoms with van der Waals surface area (Å²) in [6.07, 6.45) is 18.1. The fraction of sp³-hybridized carbons (Fsp3) is 0. The number of hydrogen-bond acceptors (Lipinski definition) is 4. The normalized spacial score (nSPS) is 22.7. The Hall–Kier alpha value is -1.21. The Labute approximate surface area is 196 Å². The van der Waals surface area contributed by atoms with Crippen molar-refractivity contribution in [2.24, 2.45) is 20.0 Å². The summed E-state index contributed by atoms with van der Waals surface area (Å²) in [5, 5.41) is 0. The van der Waals surface area contributed by atoms with E-state index in [0.717, 1.165) is 56.4 Å². The standard InChI is InChI=1S/C20H9I3N4/c21-17-16-9-14-4-3-11(25-14)7-10-1-2-12(24-10)8-13-5-6-15(26-13)18(22)20(27-16)19(17)23/h1-9H. The Morgan fingerprint density at radius 1 is 0.481 bits per heavy atom. The molecule has 0 N–H and O–H groups in total. The minimum Gasteiger partial charge on any atom is -0.249 e. The molecule has 4 nitrogen and oxygen atoms in total. The van der Waals surface area contributed by atoms with Crippen molar-refractivity contribution in [2.75, 3.05) is 0 Å². The maximum Gasteiger partial charge on any atom is 0.0937 e.